The van der Waals surface area contributed by atoms with Gasteiger partial charge in [-0.3, -0.25) is 0 Å². The highest BCUT2D eigenvalue weighted by Crippen LogP contribution is 2.32. The maximum atomic E-state index is 3.59. The fourth-order valence-electron chi connectivity index (χ4n) is 2.57. The van der Waals surface area contributed by atoms with Crippen molar-refractivity contribution < 1.29 is 0 Å². The Bertz CT molecular complexity index is 623. The van der Waals surface area contributed by atoms with Gasteiger partial charge in [0.2, 0.25) is 0 Å². The number of anilines is 2. The summed E-state index contributed by atoms with van der Waals surface area (Å²) < 4.78 is 1.11. The topological polar surface area (TPSA) is 15.3 Å². The number of nitrogens with one attached hydrogen (secondary N) is 1. The molecule has 2 aromatic rings. The van der Waals surface area contributed by atoms with E-state index in [0.29, 0.717) is 0 Å². The average Bonchev–Trinajstić information content (AvgIpc) is 2.45. The highest BCUT2D eigenvalue weighted by atomic mass is 79.9. The molecule has 0 bridgehead atoms. The van der Waals surface area contributed by atoms with Crippen LogP contribution in [0.2, 0.25) is 0 Å². The van der Waals surface area contributed by atoms with Crippen molar-refractivity contribution in [2.45, 2.75) is 27.3 Å². The lowest BCUT2D eigenvalue weighted by molar-refractivity contribution is 0.726. The van der Waals surface area contributed by atoms with E-state index in [1.54, 1.807) is 0 Å². The molecular formula is C18H23BrN2. The minimum atomic E-state index is 0.883. The van der Waals surface area contributed by atoms with Crippen LogP contribution in [0, 0.1) is 13.8 Å². The number of rotatable bonds is 5. The third kappa shape index (κ3) is 3.86. The van der Waals surface area contributed by atoms with Crippen LogP contribution in [0.1, 0.15) is 23.6 Å². The molecule has 0 atom stereocenters. The first-order chi connectivity index (χ1) is 10.0. The smallest absolute Gasteiger partial charge is 0.0465 e. The molecule has 0 radical (unpaired) electrons. The van der Waals surface area contributed by atoms with E-state index >= 15 is 0 Å². The Labute approximate surface area is 136 Å². The summed E-state index contributed by atoms with van der Waals surface area (Å²) >= 11 is 3.59. The number of hydrogen-bond acceptors (Lipinski definition) is 2. The van der Waals surface area contributed by atoms with Gasteiger partial charge in [-0.25, -0.2) is 0 Å². The van der Waals surface area contributed by atoms with Crippen molar-refractivity contribution in [2.75, 3.05) is 18.5 Å². The van der Waals surface area contributed by atoms with Gasteiger partial charge in [-0.2, -0.15) is 0 Å². The number of nitrogens with zero attached hydrogens (tertiary/aromatic N) is 1. The Morgan fingerprint density at radius 3 is 2.48 bits per heavy atom. The molecule has 112 valence electrons. The van der Waals surface area contributed by atoms with Crippen LogP contribution < -0.4 is 10.2 Å². The summed E-state index contributed by atoms with van der Waals surface area (Å²) in [5.74, 6) is 0. The molecule has 0 aliphatic carbocycles. The monoisotopic (exact) mass is 346 g/mol. The molecule has 2 aromatic carbocycles. The zero-order valence-corrected chi connectivity index (χ0v) is 14.8. The summed E-state index contributed by atoms with van der Waals surface area (Å²) in [5, 5.41) is 3.41. The summed E-state index contributed by atoms with van der Waals surface area (Å²) in [6.45, 7) is 8.29. The molecule has 21 heavy (non-hydrogen) atoms. The van der Waals surface area contributed by atoms with E-state index in [2.05, 4.69) is 90.4 Å². The second-order valence-electron chi connectivity index (χ2n) is 5.40. The van der Waals surface area contributed by atoms with E-state index in [0.717, 1.165) is 17.6 Å². The third-order valence-electron chi connectivity index (χ3n) is 3.69. The Balaban J connectivity index is 2.41. The molecule has 0 saturated carbocycles. The normalized spacial score (nSPS) is 10.7. The van der Waals surface area contributed by atoms with Gasteiger partial charge in [0.25, 0.3) is 0 Å². The molecule has 0 fully saturated rings. The minimum Gasteiger partial charge on any atom is -0.344 e. The predicted molar refractivity (Wildman–Crippen MR) is 95.5 cm³/mol. The van der Waals surface area contributed by atoms with Gasteiger partial charge in [0.15, 0.2) is 0 Å². The molecule has 3 heteroatoms. The quantitative estimate of drug-likeness (QED) is 0.824. The van der Waals surface area contributed by atoms with Gasteiger partial charge in [-0.05, 0) is 49.7 Å². The van der Waals surface area contributed by atoms with E-state index in [1.165, 1.54) is 28.1 Å². The Hall–Kier alpha value is -1.32. The van der Waals surface area contributed by atoms with Crippen molar-refractivity contribution in [3.05, 3.63) is 57.6 Å². The second kappa shape index (κ2) is 7.10. The number of hydrogen-bond donors (Lipinski definition) is 1. The Morgan fingerprint density at radius 1 is 1.05 bits per heavy atom. The van der Waals surface area contributed by atoms with Crippen LogP contribution >= 0.6 is 15.9 Å². The van der Waals surface area contributed by atoms with E-state index in [4.69, 9.17) is 0 Å². The Kier molecular flexibility index (Phi) is 5.43. The van der Waals surface area contributed by atoms with Crippen LogP contribution in [0.4, 0.5) is 11.4 Å². The SMILES string of the molecule is CCNCc1ccc(Br)cc1N(C)c1ccc(C)cc1C. The molecule has 0 spiro atoms. The summed E-state index contributed by atoms with van der Waals surface area (Å²) in [7, 11) is 2.13. The van der Waals surface area contributed by atoms with Crippen molar-refractivity contribution in [3.63, 3.8) is 0 Å². The standard InChI is InChI=1S/C18H23BrN2/c1-5-20-12-15-7-8-16(19)11-18(15)21(4)17-9-6-13(2)10-14(17)3/h6-11,20H,5,12H2,1-4H3. The highest BCUT2D eigenvalue weighted by molar-refractivity contribution is 9.10. The Morgan fingerprint density at radius 2 is 1.81 bits per heavy atom. The molecule has 0 aliphatic rings. The van der Waals surface area contributed by atoms with Gasteiger partial charge in [-0.1, -0.05) is 46.6 Å². The maximum absolute atomic E-state index is 3.59. The van der Waals surface area contributed by atoms with Crippen molar-refractivity contribution in [2.24, 2.45) is 0 Å². The second-order valence-corrected chi connectivity index (χ2v) is 6.32. The first kappa shape index (κ1) is 16.1. The third-order valence-corrected chi connectivity index (χ3v) is 4.18. The van der Waals surface area contributed by atoms with Gasteiger partial charge in [0, 0.05) is 29.4 Å². The van der Waals surface area contributed by atoms with Crippen LogP contribution in [0.25, 0.3) is 0 Å². The molecule has 0 unspecified atom stereocenters. The maximum Gasteiger partial charge on any atom is 0.0465 e. The van der Waals surface area contributed by atoms with E-state index in [-0.39, 0.29) is 0 Å². The molecule has 0 heterocycles. The molecule has 2 rings (SSSR count). The van der Waals surface area contributed by atoms with Crippen molar-refractivity contribution in [3.8, 4) is 0 Å². The molecule has 0 amide bonds. The average molecular weight is 347 g/mol. The number of benzene rings is 2. The van der Waals surface area contributed by atoms with Crippen LogP contribution in [0.5, 0.6) is 0 Å². The largest absolute Gasteiger partial charge is 0.344 e. The zero-order chi connectivity index (χ0) is 15.4. The molecular weight excluding hydrogens is 324 g/mol. The van der Waals surface area contributed by atoms with E-state index in [9.17, 15) is 0 Å². The molecule has 2 nitrogen and oxygen atoms in total. The van der Waals surface area contributed by atoms with Gasteiger partial charge in [0.05, 0.1) is 0 Å². The van der Waals surface area contributed by atoms with Gasteiger partial charge < -0.3 is 10.2 Å². The number of halogens is 1. The van der Waals surface area contributed by atoms with Crippen molar-refractivity contribution >= 4 is 27.3 Å². The van der Waals surface area contributed by atoms with Crippen LogP contribution in [0.15, 0.2) is 40.9 Å². The first-order valence-electron chi connectivity index (χ1n) is 7.33. The highest BCUT2D eigenvalue weighted by Gasteiger charge is 2.12. The van der Waals surface area contributed by atoms with Crippen LogP contribution in [-0.2, 0) is 6.54 Å². The van der Waals surface area contributed by atoms with Gasteiger partial charge in [0.1, 0.15) is 0 Å². The van der Waals surface area contributed by atoms with Gasteiger partial charge >= 0.3 is 0 Å². The molecule has 0 saturated heterocycles. The zero-order valence-electron chi connectivity index (χ0n) is 13.2. The van der Waals surface area contributed by atoms with Crippen molar-refractivity contribution in [1.82, 2.24) is 5.32 Å². The van der Waals surface area contributed by atoms with E-state index in [1.807, 2.05) is 0 Å². The van der Waals surface area contributed by atoms with Crippen molar-refractivity contribution in [1.29, 1.82) is 0 Å². The summed E-state index contributed by atoms with van der Waals surface area (Å²) in [6, 6.07) is 13.1. The van der Waals surface area contributed by atoms with Gasteiger partial charge in [-0.15, -0.1) is 0 Å². The molecule has 1 N–H and O–H groups in total. The molecule has 0 aromatic heterocycles. The fourth-order valence-corrected chi connectivity index (χ4v) is 2.92. The predicted octanol–water partition coefficient (Wildman–Crippen LogP) is 4.94. The van der Waals surface area contributed by atoms with E-state index < -0.39 is 0 Å². The summed E-state index contributed by atoms with van der Waals surface area (Å²) in [4.78, 5) is 2.27. The molecule has 0 aliphatic heterocycles. The lowest BCUT2D eigenvalue weighted by Crippen LogP contribution is -2.17. The van der Waals surface area contributed by atoms with Crippen LogP contribution in [-0.4, -0.2) is 13.6 Å². The van der Waals surface area contributed by atoms with Crippen LogP contribution in [0.3, 0.4) is 0 Å². The summed E-state index contributed by atoms with van der Waals surface area (Å²) in [6.07, 6.45) is 0. The minimum absolute atomic E-state index is 0.883. The first-order valence-corrected chi connectivity index (χ1v) is 8.12. The lowest BCUT2D eigenvalue weighted by Gasteiger charge is -2.25. The fraction of sp³-hybridized carbons (Fsp3) is 0.333. The number of aryl methyl sites for hydroxylation is 2. The summed E-state index contributed by atoms with van der Waals surface area (Å²) in [5.41, 5.74) is 6.38. The lowest BCUT2D eigenvalue weighted by atomic mass is 10.1.